The van der Waals surface area contributed by atoms with Crippen LogP contribution in [0.4, 0.5) is 0 Å². The van der Waals surface area contributed by atoms with E-state index in [1.165, 1.54) is 42.6 Å². The number of carbonyl (C=O) groups is 8. The third kappa shape index (κ3) is 27.0. The monoisotopic (exact) mass is 1160 g/mol. The zero-order valence-corrected chi connectivity index (χ0v) is 47.7. The number of unbranched alkanes of at least 4 members (excludes halogenated alkanes) is 6. The van der Waals surface area contributed by atoms with E-state index in [0.717, 1.165) is 63.5 Å². The first kappa shape index (κ1) is 67.2. The van der Waals surface area contributed by atoms with Crippen molar-refractivity contribution in [3.8, 4) is 11.5 Å². The molecule has 0 fully saturated rings. The van der Waals surface area contributed by atoms with E-state index in [1.807, 2.05) is 0 Å². The van der Waals surface area contributed by atoms with Gasteiger partial charge in [0.25, 0.3) is 0 Å². The Morgan fingerprint density at radius 1 is 0.500 bits per heavy atom. The summed E-state index contributed by atoms with van der Waals surface area (Å²) in [6, 6.07) is 25.0. The van der Waals surface area contributed by atoms with Crippen LogP contribution in [0.15, 0.2) is 133 Å². The largest absolute Gasteiger partial charge is 0.494 e. The normalized spacial score (nSPS) is 11.8. The van der Waals surface area contributed by atoms with E-state index in [4.69, 9.17) is 53.2 Å². The number of hydrogen-bond donors (Lipinski definition) is 2. The molecule has 22 heteroatoms. The molecule has 4 aromatic rings. The second-order valence-corrected chi connectivity index (χ2v) is 19.2. The Balaban J connectivity index is 1.32. The molecule has 0 heterocycles. The SMILES string of the molecule is C=CC(=O)OCCCCCCOc1ccc(C(=O)OCC(COC(=O)CCC(=O)OCC(CC(C)(C)OC(=O)c2ccc(OCCCCCCOC(=O)C=C)cc2)OC(=O)c2ccc(/C=N/N)cc2)OC(=O)c2ccc(/C=N/NC)cc2)cc1. The van der Waals surface area contributed by atoms with Gasteiger partial charge in [0.05, 0.1) is 74.0 Å². The molecule has 2 unspecified atom stereocenters. The number of nitrogens with two attached hydrogens (primary N) is 1. The Morgan fingerprint density at radius 2 is 0.893 bits per heavy atom. The molecule has 0 aliphatic rings. The van der Waals surface area contributed by atoms with Crippen LogP contribution in [0.3, 0.4) is 0 Å². The molecule has 450 valence electrons. The predicted molar refractivity (Wildman–Crippen MR) is 308 cm³/mol. The molecule has 3 N–H and O–H groups in total. The van der Waals surface area contributed by atoms with Crippen molar-refractivity contribution in [3.63, 3.8) is 0 Å². The van der Waals surface area contributed by atoms with Crippen molar-refractivity contribution in [2.45, 2.75) is 102 Å². The lowest BCUT2D eigenvalue weighted by Gasteiger charge is -2.29. The average molecular weight is 1160 g/mol. The number of nitrogens with one attached hydrogen (secondary N) is 1. The van der Waals surface area contributed by atoms with Crippen LogP contribution in [0.1, 0.15) is 137 Å². The van der Waals surface area contributed by atoms with E-state index in [-0.39, 0.29) is 28.7 Å². The fourth-order valence-electron chi connectivity index (χ4n) is 7.53. The van der Waals surface area contributed by atoms with E-state index in [1.54, 1.807) is 87.8 Å². The number of hydrazone groups is 2. The van der Waals surface area contributed by atoms with E-state index in [9.17, 15) is 38.4 Å². The van der Waals surface area contributed by atoms with E-state index >= 15 is 0 Å². The minimum Gasteiger partial charge on any atom is -0.494 e. The molecule has 2 atom stereocenters. The van der Waals surface area contributed by atoms with Crippen LogP contribution >= 0.6 is 0 Å². The second kappa shape index (κ2) is 37.6. The maximum atomic E-state index is 13.4. The molecule has 0 aliphatic carbocycles. The van der Waals surface area contributed by atoms with Gasteiger partial charge in [-0.1, -0.05) is 37.4 Å². The molecule has 4 aromatic carbocycles. The van der Waals surface area contributed by atoms with Crippen molar-refractivity contribution < 1.29 is 85.7 Å². The Morgan fingerprint density at radius 3 is 1.35 bits per heavy atom. The molecule has 0 spiro atoms. The summed E-state index contributed by atoms with van der Waals surface area (Å²) in [6.07, 6.45) is 8.03. The zero-order chi connectivity index (χ0) is 61.0. The summed E-state index contributed by atoms with van der Waals surface area (Å²) in [4.78, 5) is 102. The Hall–Kier alpha value is -9.34. The Labute approximate surface area is 488 Å². The smallest absolute Gasteiger partial charge is 0.338 e. The molecule has 0 radical (unpaired) electrons. The minimum absolute atomic E-state index is 0.129. The van der Waals surface area contributed by atoms with Crippen molar-refractivity contribution in [2.75, 3.05) is 53.3 Å². The summed E-state index contributed by atoms with van der Waals surface area (Å²) in [5, 5.41) is 7.42. The molecule has 0 aliphatic heterocycles. The summed E-state index contributed by atoms with van der Waals surface area (Å²) in [6.45, 7) is 9.88. The van der Waals surface area contributed by atoms with Gasteiger partial charge in [-0.2, -0.15) is 10.2 Å². The first-order valence-corrected chi connectivity index (χ1v) is 27.3. The van der Waals surface area contributed by atoms with Crippen LogP contribution in [-0.4, -0.2) is 131 Å². The van der Waals surface area contributed by atoms with Gasteiger partial charge in [-0.3, -0.25) is 9.59 Å². The molecule has 0 amide bonds. The summed E-state index contributed by atoms with van der Waals surface area (Å²) >= 11 is 0. The molecular formula is C62H74N4O18. The van der Waals surface area contributed by atoms with Gasteiger partial charge in [-0.05, 0) is 149 Å². The lowest BCUT2D eigenvalue weighted by Crippen LogP contribution is -2.37. The van der Waals surface area contributed by atoms with Gasteiger partial charge in [-0.25, -0.2) is 28.8 Å². The maximum Gasteiger partial charge on any atom is 0.338 e. The first-order valence-electron chi connectivity index (χ1n) is 27.3. The van der Waals surface area contributed by atoms with Gasteiger partial charge in [0.1, 0.15) is 43.0 Å². The lowest BCUT2D eigenvalue weighted by atomic mass is 10.00. The van der Waals surface area contributed by atoms with Gasteiger partial charge < -0.3 is 58.6 Å². The van der Waals surface area contributed by atoms with Crippen molar-refractivity contribution in [3.05, 3.63) is 156 Å². The lowest BCUT2D eigenvalue weighted by molar-refractivity contribution is -0.154. The highest BCUT2D eigenvalue weighted by Gasteiger charge is 2.32. The highest BCUT2D eigenvalue weighted by Crippen LogP contribution is 2.24. The van der Waals surface area contributed by atoms with Gasteiger partial charge >= 0.3 is 47.8 Å². The third-order valence-electron chi connectivity index (χ3n) is 11.9. The fraction of sp³-hybridized carbons (Fsp3) is 0.387. The minimum atomic E-state index is -1.29. The van der Waals surface area contributed by atoms with Crippen LogP contribution < -0.4 is 20.7 Å². The van der Waals surface area contributed by atoms with Crippen molar-refractivity contribution in [1.82, 2.24) is 5.43 Å². The molecule has 0 saturated carbocycles. The number of esters is 8. The van der Waals surface area contributed by atoms with E-state index < -0.39 is 98.2 Å². The van der Waals surface area contributed by atoms with Gasteiger partial charge in [0, 0.05) is 25.6 Å². The molecule has 84 heavy (non-hydrogen) atoms. The zero-order valence-electron chi connectivity index (χ0n) is 47.7. The van der Waals surface area contributed by atoms with Gasteiger partial charge in [0.15, 0.2) is 6.10 Å². The molecular weight excluding hydrogens is 1090 g/mol. The van der Waals surface area contributed by atoms with Crippen LogP contribution in [0, 0.1) is 0 Å². The molecule has 0 saturated heterocycles. The topological polar surface area (TPSA) is 292 Å². The van der Waals surface area contributed by atoms with Crippen LogP contribution in [0.25, 0.3) is 0 Å². The average Bonchev–Trinajstić information content (AvgIpc) is 3.50. The molecule has 4 rings (SSSR count). The fourth-order valence-corrected chi connectivity index (χ4v) is 7.53. The number of hydrogen-bond acceptors (Lipinski definition) is 22. The van der Waals surface area contributed by atoms with Crippen molar-refractivity contribution in [2.24, 2.45) is 16.0 Å². The Bertz CT molecular complexity index is 2820. The maximum absolute atomic E-state index is 13.4. The number of ether oxygens (including phenoxy) is 10. The summed E-state index contributed by atoms with van der Waals surface area (Å²) < 4.78 is 55.2. The van der Waals surface area contributed by atoms with Crippen molar-refractivity contribution >= 4 is 60.2 Å². The van der Waals surface area contributed by atoms with Gasteiger partial charge in [-0.15, -0.1) is 0 Å². The van der Waals surface area contributed by atoms with Crippen LogP contribution in [0.2, 0.25) is 0 Å². The van der Waals surface area contributed by atoms with Crippen LogP contribution in [-0.2, 0) is 57.1 Å². The standard InChI is InChI=1S/C62H74N4O18/c1-6-54(67)77-36-14-10-8-12-34-75-50-28-24-46(25-29-50)58(71)81-43-53(83-60(73)48-22-18-45(19-23-48)40-66-64-5)42-80-57(70)33-32-56(69)79-41-52(82-59(72)47-20-16-44(17-21-47)39-65-63)38-62(3,4)84-61(74)49-26-30-51(31-27-49)76-35-13-9-11-15-37-78-55(68)7-2/h6-7,16-31,39-40,52-53,64H,1-2,8-15,32-38,41-43,63H2,3-5H3/b65-39+,66-40+. The van der Waals surface area contributed by atoms with Crippen LogP contribution in [0.5, 0.6) is 11.5 Å². The van der Waals surface area contributed by atoms with Crippen molar-refractivity contribution in [1.29, 1.82) is 0 Å². The number of rotatable bonds is 39. The van der Waals surface area contributed by atoms with Gasteiger partial charge in [0.2, 0.25) is 0 Å². The predicted octanol–water partition coefficient (Wildman–Crippen LogP) is 8.37. The number of benzene rings is 4. The summed E-state index contributed by atoms with van der Waals surface area (Å²) in [5.41, 5.74) is 3.35. The molecule has 0 bridgehead atoms. The summed E-state index contributed by atoms with van der Waals surface area (Å²) in [5.74, 6) is 0.655. The highest BCUT2D eigenvalue weighted by molar-refractivity contribution is 5.93. The quantitative estimate of drug-likeness (QED) is 0.00806. The molecule has 22 nitrogen and oxygen atoms in total. The molecule has 0 aromatic heterocycles. The Kier molecular flexibility index (Phi) is 30.1. The summed E-state index contributed by atoms with van der Waals surface area (Å²) in [7, 11) is 1.63. The first-order chi connectivity index (χ1) is 40.5. The number of carbonyl (C=O) groups excluding carboxylic acids is 8. The third-order valence-corrected chi connectivity index (χ3v) is 11.9. The highest BCUT2D eigenvalue weighted by atomic mass is 16.6. The number of nitrogens with zero attached hydrogens (tertiary/aromatic N) is 2. The van der Waals surface area contributed by atoms with E-state index in [2.05, 4.69) is 28.8 Å². The van der Waals surface area contributed by atoms with E-state index in [0.29, 0.717) is 49.1 Å². The second-order valence-electron chi connectivity index (χ2n) is 19.2.